The van der Waals surface area contributed by atoms with Crippen LogP contribution < -0.4 is 10.1 Å². The summed E-state index contributed by atoms with van der Waals surface area (Å²) < 4.78 is 5.79. The van der Waals surface area contributed by atoms with Gasteiger partial charge < -0.3 is 20.1 Å². The predicted molar refractivity (Wildman–Crippen MR) is 145 cm³/mol. The van der Waals surface area contributed by atoms with Crippen LogP contribution in [0.3, 0.4) is 0 Å². The molecule has 2 fully saturated rings. The molecule has 1 aliphatic heterocycles. The van der Waals surface area contributed by atoms with Crippen LogP contribution in [0.1, 0.15) is 48.3 Å². The molecule has 5 rings (SSSR count). The molecule has 0 radical (unpaired) electrons. The molecule has 6 heteroatoms. The summed E-state index contributed by atoms with van der Waals surface area (Å²) in [5.74, 6) is 0.922. The second-order valence-electron chi connectivity index (χ2n) is 10.2. The van der Waals surface area contributed by atoms with E-state index in [1.807, 2.05) is 19.1 Å². The van der Waals surface area contributed by atoms with Crippen molar-refractivity contribution in [3.63, 3.8) is 0 Å². The Morgan fingerprint density at radius 2 is 1.89 bits per heavy atom. The molecule has 194 valence electrons. The largest absolute Gasteiger partial charge is 0.477 e. The number of pyridine rings is 1. The molecular formula is C31H37N3O3. The van der Waals surface area contributed by atoms with Crippen molar-refractivity contribution in [2.24, 2.45) is 5.92 Å². The highest BCUT2D eigenvalue weighted by Crippen LogP contribution is 2.37. The van der Waals surface area contributed by atoms with E-state index >= 15 is 0 Å². The minimum absolute atomic E-state index is 0.0908. The zero-order valence-electron chi connectivity index (χ0n) is 21.6. The fraction of sp³-hybridized carbons (Fsp3) is 0.419. The maximum atomic E-state index is 14.1. The van der Waals surface area contributed by atoms with Gasteiger partial charge in [-0.25, -0.2) is 4.98 Å². The van der Waals surface area contributed by atoms with Crippen LogP contribution in [0.25, 0.3) is 11.1 Å². The Bertz CT molecular complexity index is 1200. The van der Waals surface area contributed by atoms with E-state index in [1.54, 1.807) is 6.20 Å². The van der Waals surface area contributed by atoms with Gasteiger partial charge in [0, 0.05) is 43.9 Å². The third-order valence-electron chi connectivity index (χ3n) is 7.64. The van der Waals surface area contributed by atoms with E-state index in [0.717, 1.165) is 36.9 Å². The summed E-state index contributed by atoms with van der Waals surface area (Å²) in [5.41, 5.74) is 5.68. The number of aliphatic hydroxyl groups is 1. The topological polar surface area (TPSA) is 74.7 Å². The van der Waals surface area contributed by atoms with Crippen LogP contribution in [-0.2, 0) is 11.3 Å². The Hall–Kier alpha value is -3.22. The van der Waals surface area contributed by atoms with Crippen molar-refractivity contribution in [3.05, 3.63) is 83.6 Å². The number of benzene rings is 2. The monoisotopic (exact) mass is 499 g/mol. The number of nitrogens with one attached hydrogen (secondary N) is 1. The van der Waals surface area contributed by atoms with Crippen LogP contribution in [0.15, 0.2) is 66.9 Å². The van der Waals surface area contributed by atoms with E-state index in [2.05, 4.69) is 63.7 Å². The maximum Gasteiger partial charge on any atom is 0.228 e. The van der Waals surface area contributed by atoms with Crippen molar-refractivity contribution < 1.29 is 14.6 Å². The van der Waals surface area contributed by atoms with Gasteiger partial charge in [-0.3, -0.25) is 4.79 Å². The average Bonchev–Trinajstić information content (AvgIpc) is 3.79. The standard InChI is InChI=1S/C31H37N3O3/c1-22-26(13-16-33-30(22)37-18-6-17-35)21-34(27-11-12-27)31(36)29-20-32-15-14-28(29)25-10-5-9-24(19-25)23-7-3-2-4-8-23/h2-5,7-10,13,16,19,27-29,32,35H,6,11-12,14-15,17-18,20-21H2,1H3/t28-,29+/m1/s1. The lowest BCUT2D eigenvalue weighted by molar-refractivity contribution is -0.138. The van der Waals surface area contributed by atoms with Gasteiger partial charge in [0.2, 0.25) is 11.8 Å². The first kappa shape index (κ1) is 25.4. The number of hydrogen-bond donors (Lipinski definition) is 2. The van der Waals surface area contributed by atoms with Gasteiger partial charge >= 0.3 is 0 Å². The van der Waals surface area contributed by atoms with Gasteiger partial charge in [0.15, 0.2) is 0 Å². The number of carbonyl (C=O) groups is 1. The fourth-order valence-electron chi connectivity index (χ4n) is 5.37. The molecule has 2 atom stereocenters. The molecule has 6 nitrogen and oxygen atoms in total. The number of hydrogen-bond acceptors (Lipinski definition) is 5. The Labute approximate surface area is 219 Å². The molecule has 1 saturated carbocycles. The molecule has 0 bridgehead atoms. The van der Waals surface area contributed by atoms with Gasteiger partial charge in [-0.15, -0.1) is 0 Å². The second kappa shape index (κ2) is 11.9. The number of aliphatic hydroxyl groups excluding tert-OH is 1. The first-order valence-electron chi connectivity index (χ1n) is 13.5. The summed E-state index contributed by atoms with van der Waals surface area (Å²) in [6, 6.07) is 21.5. The number of carbonyl (C=O) groups excluding carboxylic acids is 1. The highest BCUT2D eigenvalue weighted by Gasteiger charge is 2.40. The fourth-order valence-corrected chi connectivity index (χ4v) is 5.37. The Morgan fingerprint density at radius 1 is 1.08 bits per heavy atom. The van der Waals surface area contributed by atoms with Crippen LogP contribution in [0.5, 0.6) is 5.88 Å². The number of nitrogens with zero attached hydrogens (tertiary/aromatic N) is 2. The molecule has 37 heavy (non-hydrogen) atoms. The van der Waals surface area contributed by atoms with Gasteiger partial charge in [0.05, 0.1) is 12.5 Å². The molecule has 2 aliphatic rings. The van der Waals surface area contributed by atoms with E-state index in [4.69, 9.17) is 9.84 Å². The van der Waals surface area contributed by atoms with Gasteiger partial charge in [-0.2, -0.15) is 0 Å². The van der Waals surface area contributed by atoms with Gasteiger partial charge in [-0.05, 0) is 67.0 Å². The summed E-state index contributed by atoms with van der Waals surface area (Å²) in [6.45, 7) is 4.72. The van der Waals surface area contributed by atoms with Gasteiger partial charge in [0.25, 0.3) is 0 Å². The average molecular weight is 500 g/mol. The number of aromatic nitrogens is 1. The highest BCUT2D eigenvalue weighted by atomic mass is 16.5. The first-order chi connectivity index (χ1) is 18.2. The summed E-state index contributed by atoms with van der Waals surface area (Å²) in [7, 11) is 0. The third kappa shape index (κ3) is 6.03. The summed E-state index contributed by atoms with van der Waals surface area (Å²) in [4.78, 5) is 20.6. The smallest absolute Gasteiger partial charge is 0.228 e. The predicted octanol–water partition coefficient (Wildman–Crippen LogP) is 4.70. The lowest BCUT2D eigenvalue weighted by Crippen LogP contribution is -2.47. The van der Waals surface area contributed by atoms with Crippen LogP contribution in [0.4, 0.5) is 0 Å². The van der Waals surface area contributed by atoms with Crippen LogP contribution in [0.2, 0.25) is 0 Å². The summed E-state index contributed by atoms with van der Waals surface area (Å²) in [5, 5.41) is 12.6. The molecule has 0 unspecified atom stereocenters. The molecule has 1 saturated heterocycles. The van der Waals surface area contributed by atoms with Crippen molar-refractivity contribution in [3.8, 4) is 17.0 Å². The van der Waals surface area contributed by atoms with Crippen molar-refractivity contribution in [2.45, 2.75) is 51.1 Å². The van der Waals surface area contributed by atoms with Gasteiger partial charge in [0.1, 0.15) is 0 Å². The zero-order chi connectivity index (χ0) is 25.6. The Morgan fingerprint density at radius 3 is 2.68 bits per heavy atom. The van der Waals surface area contributed by atoms with Crippen LogP contribution in [0, 0.1) is 12.8 Å². The SMILES string of the molecule is Cc1c(CN(C(=O)[C@H]2CNCC[C@@H]2c2cccc(-c3ccccc3)c2)C2CC2)ccnc1OCCCO. The molecule has 3 aromatic rings. The lowest BCUT2D eigenvalue weighted by Gasteiger charge is -2.36. The van der Waals surface area contributed by atoms with E-state index in [1.165, 1.54) is 16.7 Å². The molecule has 2 N–H and O–H groups in total. The van der Waals surface area contributed by atoms with E-state index in [0.29, 0.717) is 38.0 Å². The Kier molecular flexibility index (Phi) is 8.17. The van der Waals surface area contributed by atoms with Crippen molar-refractivity contribution in [1.82, 2.24) is 15.2 Å². The molecule has 1 aromatic heterocycles. The molecule has 2 heterocycles. The molecule has 1 amide bonds. The number of ether oxygens (including phenoxy) is 1. The quantitative estimate of drug-likeness (QED) is 0.396. The number of amides is 1. The minimum Gasteiger partial charge on any atom is -0.477 e. The highest BCUT2D eigenvalue weighted by molar-refractivity contribution is 5.81. The maximum absolute atomic E-state index is 14.1. The summed E-state index contributed by atoms with van der Waals surface area (Å²) in [6.07, 6.45) is 5.39. The van der Waals surface area contributed by atoms with Crippen LogP contribution >= 0.6 is 0 Å². The number of piperidine rings is 1. The third-order valence-corrected chi connectivity index (χ3v) is 7.64. The molecule has 0 spiro atoms. The molecular weight excluding hydrogens is 462 g/mol. The van der Waals surface area contributed by atoms with E-state index in [-0.39, 0.29) is 24.3 Å². The molecule has 2 aromatic carbocycles. The second-order valence-corrected chi connectivity index (χ2v) is 10.2. The first-order valence-corrected chi connectivity index (χ1v) is 13.5. The van der Waals surface area contributed by atoms with E-state index < -0.39 is 0 Å². The minimum atomic E-state index is -0.0946. The zero-order valence-corrected chi connectivity index (χ0v) is 21.6. The van der Waals surface area contributed by atoms with Crippen molar-refractivity contribution >= 4 is 5.91 Å². The van der Waals surface area contributed by atoms with Crippen LogP contribution in [-0.4, -0.2) is 53.2 Å². The molecule has 1 aliphatic carbocycles. The van der Waals surface area contributed by atoms with Gasteiger partial charge in [-0.1, -0.05) is 54.6 Å². The Balaban J connectivity index is 1.37. The van der Waals surface area contributed by atoms with Crippen molar-refractivity contribution in [2.75, 3.05) is 26.3 Å². The van der Waals surface area contributed by atoms with Crippen molar-refractivity contribution in [1.29, 1.82) is 0 Å². The number of rotatable bonds is 10. The van der Waals surface area contributed by atoms with E-state index in [9.17, 15) is 4.79 Å². The summed E-state index contributed by atoms with van der Waals surface area (Å²) >= 11 is 0. The normalized spacial score (nSPS) is 19.4. The lowest BCUT2D eigenvalue weighted by atomic mass is 9.79.